The van der Waals surface area contributed by atoms with Crippen LogP contribution < -0.4 is 5.73 Å². The molecule has 1 rings (SSSR count). The maximum Gasteiger partial charge on any atom is 0.00869 e. The van der Waals surface area contributed by atoms with Crippen LogP contribution in [0.4, 0.5) is 0 Å². The second-order valence-electron chi connectivity index (χ2n) is 4.74. The first-order chi connectivity index (χ1) is 6.69. The van der Waals surface area contributed by atoms with Crippen molar-refractivity contribution in [3.05, 3.63) is 0 Å². The molecule has 0 heterocycles. The summed E-state index contributed by atoms with van der Waals surface area (Å²) in [6, 6.07) is 1.22. The van der Waals surface area contributed by atoms with Gasteiger partial charge in [-0.2, -0.15) is 0 Å². The number of nitrogens with zero attached hydrogens (tertiary/aromatic N) is 1. The monoisotopic (exact) mass is 198 g/mol. The van der Waals surface area contributed by atoms with Crippen LogP contribution in [0.15, 0.2) is 0 Å². The lowest BCUT2D eigenvalue weighted by atomic mass is 10.1. The fourth-order valence-corrected chi connectivity index (χ4v) is 2.21. The normalized spacial score (nSPS) is 19.3. The molecule has 0 aromatic rings. The largest absolute Gasteiger partial charge is 0.327 e. The Kier molecular flexibility index (Phi) is 4.90. The summed E-state index contributed by atoms with van der Waals surface area (Å²) in [5, 5.41) is 0. The fraction of sp³-hybridized carbons (Fsp3) is 1.00. The van der Waals surface area contributed by atoms with E-state index < -0.39 is 0 Å². The summed E-state index contributed by atoms with van der Waals surface area (Å²) in [4.78, 5) is 2.47. The van der Waals surface area contributed by atoms with Crippen molar-refractivity contribution in [2.75, 3.05) is 13.6 Å². The first-order valence-corrected chi connectivity index (χ1v) is 6.14. The molecule has 0 bridgehead atoms. The van der Waals surface area contributed by atoms with Crippen molar-refractivity contribution in [2.24, 2.45) is 11.7 Å². The predicted octanol–water partition coefficient (Wildman–Crippen LogP) is 2.23. The van der Waals surface area contributed by atoms with Gasteiger partial charge in [-0.1, -0.05) is 13.8 Å². The van der Waals surface area contributed by atoms with Crippen molar-refractivity contribution in [1.82, 2.24) is 4.90 Å². The molecule has 1 aliphatic rings. The third kappa shape index (κ3) is 3.58. The zero-order valence-corrected chi connectivity index (χ0v) is 10.00. The van der Waals surface area contributed by atoms with Gasteiger partial charge < -0.3 is 10.6 Å². The van der Waals surface area contributed by atoms with E-state index in [1.807, 2.05) is 0 Å². The molecule has 2 N–H and O–H groups in total. The summed E-state index contributed by atoms with van der Waals surface area (Å²) in [5.74, 6) is 0.852. The van der Waals surface area contributed by atoms with Crippen molar-refractivity contribution in [3.63, 3.8) is 0 Å². The van der Waals surface area contributed by atoms with E-state index in [9.17, 15) is 0 Å². The maximum atomic E-state index is 6.08. The van der Waals surface area contributed by atoms with Crippen molar-refractivity contribution in [3.8, 4) is 0 Å². The van der Waals surface area contributed by atoms with E-state index in [-0.39, 0.29) is 0 Å². The molecular formula is C12H26N2. The summed E-state index contributed by atoms with van der Waals surface area (Å²) in [5.41, 5.74) is 6.08. The minimum atomic E-state index is 0.465. The van der Waals surface area contributed by atoms with E-state index >= 15 is 0 Å². The Bertz CT molecular complexity index is 150. The smallest absolute Gasteiger partial charge is 0.00869 e. The molecule has 0 aromatic carbocycles. The molecule has 0 spiro atoms. The summed E-state index contributed by atoms with van der Waals surface area (Å²) >= 11 is 0. The molecular weight excluding hydrogens is 172 g/mol. The van der Waals surface area contributed by atoms with Gasteiger partial charge in [-0.05, 0) is 51.6 Å². The van der Waals surface area contributed by atoms with Gasteiger partial charge in [0.25, 0.3) is 0 Å². The van der Waals surface area contributed by atoms with Gasteiger partial charge in [0.15, 0.2) is 0 Å². The SMILES string of the molecule is CCC(CC)N(C)CCC(N)C1CC1. The standard InChI is InChI=1S/C12H26N2/c1-4-11(5-2)14(3)9-8-12(13)10-6-7-10/h10-12H,4-9,13H2,1-3H3. The molecule has 0 radical (unpaired) electrons. The van der Waals surface area contributed by atoms with Crippen LogP contribution in [-0.2, 0) is 0 Å². The van der Waals surface area contributed by atoms with Crippen molar-refractivity contribution < 1.29 is 0 Å². The number of rotatable bonds is 7. The Labute approximate surface area is 88.8 Å². The molecule has 84 valence electrons. The number of hydrogen-bond donors (Lipinski definition) is 1. The average Bonchev–Trinajstić information content (AvgIpc) is 2.99. The van der Waals surface area contributed by atoms with Gasteiger partial charge in [-0.15, -0.1) is 0 Å². The first-order valence-electron chi connectivity index (χ1n) is 6.14. The van der Waals surface area contributed by atoms with Gasteiger partial charge in [-0.3, -0.25) is 0 Å². The summed E-state index contributed by atoms with van der Waals surface area (Å²) < 4.78 is 0. The molecule has 2 heteroatoms. The van der Waals surface area contributed by atoms with Crippen molar-refractivity contribution in [1.29, 1.82) is 0 Å². The third-order valence-corrected chi connectivity index (χ3v) is 3.61. The second-order valence-corrected chi connectivity index (χ2v) is 4.74. The number of nitrogens with two attached hydrogens (primary N) is 1. The zero-order chi connectivity index (χ0) is 10.6. The number of hydrogen-bond acceptors (Lipinski definition) is 2. The van der Waals surface area contributed by atoms with Gasteiger partial charge in [0.05, 0.1) is 0 Å². The first kappa shape index (κ1) is 12.0. The van der Waals surface area contributed by atoms with Crippen molar-refractivity contribution >= 4 is 0 Å². The van der Waals surface area contributed by atoms with Crippen LogP contribution >= 0.6 is 0 Å². The van der Waals surface area contributed by atoms with Gasteiger partial charge >= 0.3 is 0 Å². The molecule has 0 aromatic heterocycles. The summed E-state index contributed by atoms with van der Waals surface area (Å²) in [7, 11) is 2.23. The topological polar surface area (TPSA) is 29.3 Å². The quantitative estimate of drug-likeness (QED) is 0.680. The molecule has 0 aliphatic heterocycles. The van der Waals surface area contributed by atoms with E-state index in [4.69, 9.17) is 5.73 Å². The zero-order valence-electron chi connectivity index (χ0n) is 10.00. The van der Waals surface area contributed by atoms with Crippen LogP contribution in [0.25, 0.3) is 0 Å². The predicted molar refractivity (Wildman–Crippen MR) is 62.3 cm³/mol. The second kappa shape index (κ2) is 5.72. The minimum Gasteiger partial charge on any atom is -0.327 e. The highest BCUT2D eigenvalue weighted by molar-refractivity contribution is 4.84. The van der Waals surface area contributed by atoms with Crippen LogP contribution in [0.3, 0.4) is 0 Å². The molecule has 2 nitrogen and oxygen atoms in total. The van der Waals surface area contributed by atoms with E-state index in [0.29, 0.717) is 6.04 Å². The van der Waals surface area contributed by atoms with Crippen LogP contribution in [0.2, 0.25) is 0 Å². The van der Waals surface area contributed by atoms with Gasteiger partial charge in [0.2, 0.25) is 0 Å². The molecule has 1 atom stereocenters. The molecule has 1 saturated carbocycles. The molecule has 1 unspecified atom stereocenters. The lowest BCUT2D eigenvalue weighted by molar-refractivity contribution is 0.219. The van der Waals surface area contributed by atoms with Crippen molar-refractivity contribution in [2.45, 2.75) is 58.0 Å². The average molecular weight is 198 g/mol. The van der Waals surface area contributed by atoms with Gasteiger partial charge in [0, 0.05) is 12.1 Å². The molecule has 0 amide bonds. The van der Waals surface area contributed by atoms with Crippen LogP contribution in [0.1, 0.15) is 46.0 Å². The Balaban J connectivity index is 2.14. The molecule has 0 saturated heterocycles. The Hall–Kier alpha value is -0.0800. The molecule has 1 fully saturated rings. The van der Waals surface area contributed by atoms with E-state index in [2.05, 4.69) is 25.8 Å². The lowest BCUT2D eigenvalue weighted by Crippen LogP contribution is -2.35. The molecule has 14 heavy (non-hydrogen) atoms. The Morgan fingerprint density at radius 3 is 2.29 bits per heavy atom. The van der Waals surface area contributed by atoms with Crippen LogP contribution in [-0.4, -0.2) is 30.6 Å². The fourth-order valence-electron chi connectivity index (χ4n) is 2.21. The highest BCUT2D eigenvalue weighted by Gasteiger charge is 2.28. The van der Waals surface area contributed by atoms with E-state index in [0.717, 1.165) is 12.0 Å². The third-order valence-electron chi connectivity index (χ3n) is 3.61. The summed E-state index contributed by atoms with van der Waals surface area (Å²) in [6.07, 6.45) is 6.43. The van der Waals surface area contributed by atoms with E-state index in [1.54, 1.807) is 0 Å². The molecule has 1 aliphatic carbocycles. The lowest BCUT2D eigenvalue weighted by Gasteiger charge is -2.27. The van der Waals surface area contributed by atoms with Gasteiger partial charge in [-0.25, -0.2) is 0 Å². The summed E-state index contributed by atoms with van der Waals surface area (Å²) in [6.45, 7) is 5.71. The maximum absolute atomic E-state index is 6.08. The van der Waals surface area contributed by atoms with E-state index in [1.165, 1.54) is 38.6 Å². The van der Waals surface area contributed by atoms with Crippen LogP contribution in [0.5, 0.6) is 0 Å². The highest BCUT2D eigenvalue weighted by Crippen LogP contribution is 2.32. The van der Waals surface area contributed by atoms with Crippen LogP contribution in [0, 0.1) is 5.92 Å². The Morgan fingerprint density at radius 2 is 1.86 bits per heavy atom. The highest BCUT2D eigenvalue weighted by atomic mass is 15.1. The minimum absolute atomic E-state index is 0.465. The Morgan fingerprint density at radius 1 is 1.29 bits per heavy atom. The van der Waals surface area contributed by atoms with Gasteiger partial charge in [0.1, 0.15) is 0 Å².